The molecule has 0 bridgehead atoms. The van der Waals surface area contributed by atoms with Gasteiger partial charge >= 0.3 is 0 Å². The third-order valence-electron chi connectivity index (χ3n) is 4.16. The molecule has 0 heterocycles. The van der Waals surface area contributed by atoms with Gasteiger partial charge in [-0.25, -0.2) is 4.21 Å². The summed E-state index contributed by atoms with van der Waals surface area (Å²) in [5.41, 5.74) is 6.00. The van der Waals surface area contributed by atoms with Crippen molar-refractivity contribution in [2.75, 3.05) is 0 Å². The van der Waals surface area contributed by atoms with Crippen LogP contribution in [0.15, 0.2) is 82.1 Å². The van der Waals surface area contributed by atoms with Crippen molar-refractivity contribution in [3.63, 3.8) is 0 Å². The average Bonchev–Trinajstić information content (AvgIpc) is 2.63. The largest absolute Gasteiger partial charge is 0.229 e. The summed E-state index contributed by atoms with van der Waals surface area (Å²) in [7, 11) is -1.36. The van der Waals surface area contributed by atoms with E-state index in [-0.39, 0.29) is 0 Å². The quantitative estimate of drug-likeness (QED) is 0.595. The van der Waals surface area contributed by atoms with E-state index in [1.165, 1.54) is 16.7 Å². The van der Waals surface area contributed by atoms with Gasteiger partial charge in [-0.3, -0.25) is 0 Å². The Morgan fingerprint density at radius 1 is 0.880 bits per heavy atom. The highest BCUT2D eigenvalue weighted by Gasteiger charge is 2.01. The van der Waals surface area contributed by atoms with Gasteiger partial charge in [0.05, 0.1) is 4.90 Å². The van der Waals surface area contributed by atoms with Crippen LogP contribution in [0, 0.1) is 13.8 Å². The molecular weight excluding hydrogens is 326 g/mol. The fourth-order valence-electron chi connectivity index (χ4n) is 2.57. The highest BCUT2D eigenvalue weighted by molar-refractivity contribution is 7.83. The van der Waals surface area contributed by atoms with Crippen LogP contribution in [0.3, 0.4) is 0 Å². The van der Waals surface area contributed by atoms with E-state index in [0.29, 0.717) is 0 Å². The van der Waals surface area contributed by atoms with Crippen molar-refractivity contribution in [2.45, 2.75) is 25.2 Å². The van der Waals surface area contributed by atoms with Crippen molar-refractivity contribution in [1.29, 1.82) is 0 Å². The molecule has 0 aliphatic heterocycles. The fraction of sp³-hybridized carbons (Fsp3) is 0.136. The lowest BCUT2D eigenvalue weighted by molar-refractivity contribution is 0.684. The van der Waals surface area contributed by atoms with Crippen molar-refractivity contribution >= 4 is 17.2 Å². The van der Waals surface area contributed by atoms with Crippen LogP contribution in [0.4, 0.5) is 0 Å². The topological polar surface area (TPSA) is 29.4 Å². The first kappa shape index (κ1) is 17.3. The Balaban J connectivity index is 1.67. The second-order valence-corrected chi connectivity index (χ2v) is 7.32. The van der Waals surface area contributed by atoms with Crippen LogP contribution in [-0.4, -0.2) is 10.4 Å². The van der Waals surface area contributed by atoms with E-state index < -0.39 is 11.0 Å². The van der Waals surface area contributed by atoms with Gasteiger partial charge in [0.15, 0.2) is 11.0 Å². The first-order chi connectivity index (χ1) is 12.1. The molecule has 0 aliphatic rings. The molecule has 0 N–H and O–H groups in total. The van der Waals surface area contributed by atoms with E-state index >= 15 is 0 Å². The highest BCUT2D eigenvalue weighted by atomic mass is 32.2. The third kappa shape index (κ3) is 4.74. The summed E-state index contributed by atoms with van der Waals surface area (Å²) in [5, 5.41) is 0. The predicted molar refractivity (Wildman–Crippen MR) is 106 cm³/mol. The summed E-state index contributed by atoms with van der Waals surface area (Å²) in [4.78, 5) is 0.720. The lowest BCUT2D eigenvalue weighted by Gasteiger charge is -2.06. The molecular formula is C22H21NOS. The number of benzene rings is 3. The molecule has 0 saturated carbocycles. The van der Waals surface area contributed by atoms with Crippen molar-refractivity contribution < 1.29 is 4.21 Å². The highest BCUT2D eigenvalue weighted by Crippen LogP contribution is 2.14. The molecule has 126 valence electrons. The Kier molecular flexibility index (Phi) is 5.56. The Hall–Kier alpha value is -2.52. The van der Waals surface area contributed by atoms with Gasteiger partial charge < -0.3 is 0 Å². The number of hydrogen-bond acceptors (Lipinski definition) is 1. The van der Waals surface area contributed by atoms with Crippen molar-refractivity contribution in [2.24, 2.45) is 4.40 Å². The molecule has 0 unspecified atom stereocenters. The minimum absolute atomic E-state index is 0.720. The van der Waals surface area contributed by atoms with E-state index in [0.717, 1.165) is 22.4 Å². The molecule has 2 nitrogen and oxygen atoms in total. The average molecular weight is 347 g/mol. The smallest absolute Gasteiger partial charge is 0.172 e. The van der Waals surface area contributed by atoms with Gasteiger partial charge in [0.25, 0.3) is 0 Å². The summed E-state index contributed by atoms with van der Waals surface area (Å²) >= 11 is 0. The monoisotopic (exact) mass is 347 g/mol. The van der Waals surface area contributed by atoms with Crippen molar-refractivity contribution in [1.82, 2.24) is 0 Å². The van der Waals surface area contributed by atoms with Gasteiger partial charge in [0, 0.05) is 6.21 Å². The van der Waals surface area contributed by atoms with Gasteiger partial charge in [-0.05, 0) is 54.7 Å². The first-order valence-electron chi connectivity index (χ1n) is 8.28. The van der Waals surface area contributed by atoms with Crippen LogP contribution in [-0.2, 0) is 17.4 Å². The Bertz CT molecular complexity index is 896. The number of nitrogens with zero attached hydrogens (tertiary/aromatic N) is 1. The van der Waals surface area contributed by atoms with Crippen LogP contribution in [0.25, 0.3) is 0 Å². The molecule has 3 aromatic rings. The van der Waals surface area contributed by atoms with Crippen LogP contribution in [0.5, 0.6) is 0 Å². The number of aryl methyl sites for hydroxylation is 2. The zero-order valence-electron chi connectivity index (χ0n) is 14.5. The molecule has 1 atom stereocenters. The lowest BCUT2D eigenvalue weighted by Crippen LogP contribution is -1.93. The standard InChI is InChI=1S/C22H21NOS/c1-17-7-13-22(14-8-17)25(24)23-16-20-11-9-19(10-12-20)15-21-6-4-3-5-18(21)2/h3-14,16H,15H2,1-2H3/t25-/m1/s1. The maximum Gasteiger partial charge on any atom is 0.172 e. The van der Waals surface area contributed by atoms with Crippen LogP contribution in [0.2, 0.25) is 0 Å². The maximum absolute atomic E-state index is 12.2. The van der Waals surface area contributed by atoms with E-state index in [2.05, 4.69) is 47.7 Å². The summed E-state index contributed by atoms with van der Waals surface area (Å²) in [6.45, 7) is 4.14. The SMILES string of the molecule is Cc1ccc([S@@](=O)N=Cc2ccc(Cc3ccccc3C)cc2)cc1. The molecule has 0 saturated heterocycles. The van der Waals surface area contributed by atoms with Crippen molar-refractivity contribution in [3.05, 3.63) is 101 Å². The van der Waals surface area contributed by atoms with Gasteiger partial charge in [0.2, 0.25) is 0 Å². The molecule has 0 amide bonds. The first-order valence-corrected chi connectivity index (χ1v) is 9.38. The Labute approximate surface area is 151 Å². The zero-order valence-corrected chi connectivity index (χ0v) is 15.3. The van der Waals surface area contributed by atoms with Crippen LogP contribution < -0.4 is 0 Å². The Morgan fingerprint density at radius 2 is 1.56 bits per heavy atom. The molecule has 25 heavy (non-hydrogen) atoms. The molecule has 0 spiro atoms. The molecule has 3 aromatic carbocycles. The van der Waals surface area contributed by atoms with Gasteiger partial charge in [-0.15, -0.1) is 0 Å². The summed E-state index contributed by atoms with van der Waals surface area (Å²) in [6, 6.07) is 24.3. The molecule has 3 heteroatoms. The maximum atomic E-state index is 12.2. The van der Waals surface area contributed by atoms with Gasteiger partial charge in [0.1, 0.15) is 0 Å². The van der Waals surface area contributed by atoms with Gasteiger partial charge in [-0.1, -0.05) is 66.2 Å². The predicted octanol–water partition coefficient (Wildman–Crippen LogP) is 5.04. The molecule has 0 radical (unpaired) electrons. The second kappa shape index (κ2) is 8.04. The Morgan fingerprint density at radius 3 is 2.24 bits per heavy atom. The summed E-state index contributed by atoms with van der Waals surface area (Å²) in [5.74, 6) is 0. The minimum atomic E-state index is -1.36. The summed E-state index contributed by atoms with van der Waals surface area (Å²) < 4.78 is 16.4. The normalized spacial score (nSPS) is 12.4. The molecule has 3 rings (SSSR count). The van der Waals surface area contributed by atoms with Gasteiger partial charge in [-0.2, -0.15) is 4.40 Å². The van der Waals surface area contributed by atoms with E-state index in [4.69, 9.17) is 0 Å². The fourth-order valence-corrected chi connectivity index (χ4v) is 3.28. The van der Waals surface area contributed by atoms with E-state index in [1.54, 1.807) is 6.21 Å². The number of hydrogen-bond donors (Lipinski definition) is 0. The van der Waals surface area contributed by atoms with E-state index in [1.807, 2.05) is 43.3 Å². The molecule has 0 aromatic heterocycles. The second-order valence-electron chi connectivity index (χ2n) is 6.14. The van der Waals surface area contributed by atoms with E-state index in [9.17, 15) is 4.21 Å². The van der Waals surface area contributed by atoms with Crippen LogP contribution >= 0.6 is 0 Å². The molecule has 0 fully saturated rings. The lowest BCUT2D eigenvalue weighted by atomic mass is 10.00. The minimum Gasteiger partial charge on any atom is -0.229 e. The third-order valence-corrected chi connectivity index (χ3v) is 5.13. The zero-order chi connectivity index (χ0) is 17.6. The number of rotatable bonds is 5. The molecule has 0 aliphatic carbocycles. The van der Waals surface area contributed by atoms with Crippen LogP contribution in [0.1, 0.15) is 27.8 Å². The van der Waals surface area contributed by atoms with Crippen molar-refractivity contribution in [3.8, 4) is 0 Å². The summed E-state index contributed by atoms with van der Waals surface area (Å²) in [6.07, 6.45) is 2.59.